The fourth-order valence-corrected chi connectivity index (χ4v) is 4.33. The molecule has 0 amide bonds. The van der Waals surface area contributed by atoms with Gasteiger partial charge in [0.05, 0.1) is 38.2 Å². The first kappa shape index (κ1) is 20.0. The molecule has 0 aliphatic heterocycles. The lowest BCUT2D eigenvalue weighted by atomic mass is 10.3. The zero-order valence-corrected chi connectivity index (χ0v) is 17.6. The summed E-state index contributed by atoms with van der Waals surface area (Å²) in [5.74, 6) is 3.02. The van der Waals surface area contributed by atoms with Crippen LogP contribution < -0.4 is 18.9 Å². The minimum atomic E-state index is 0.756. The Balaban J connectivity index is 2.59. The summed E-state index contributed by atoms with van der Waals surface area (Å²) in [6.07, 6.45) is 4.04. The standard InChI is InChI=1S/C18H22O4S3/c1-19-13-7-11(23-5)8-14(20-2)17(13)25-18-15(21-3)9-12(24-6)10-16(18)22-4/h7-10H,1-6H3. The van der Waals surface area contributed by atoms with Gasteiger partial charge < -0.3 is 18.9 Å². The predicted octanol–water partition coefficient (Wildman–Crippen LogP) is 5.32. The minimum Gasteiger partial charge on any atom is -0.495 e. The number of rotatable bonds is 8. The molecule has 0 N–H and O–H groups in total. The van der Waals surface area contributed by atoms with Gasteiger partial charge in [0.25, 0.3) is 0 Å². The van der Waals surface area contributed by atoms with Crippen LogP contribution in [-0.4, -0.2) is 41.0 Å². The molecule has 0 atom stereocenters. The molecule has 0 aromatic heterocycles. The average molecular weight is 399 g/mol. The van der Waals surface area contributed by atoms with E-state index in [-0.39, 0.29) is 0 Å². The fourth-order valence-electron chi connectivity index (χ4n) is 2.25. The second-order valence-corrected chi connectivity index (χ2v) is 7.60. The lowest BCUT2D eigenvalue weighted by molar-refractivity contribution is 0.370. The highest BCUT2D eigenvalue weighted by atomic mass is 32.2. The molecule has 7 heteroatoms. The molecule has 0 radical (unpaired) electrons. The van der Waals surface area contributed by atoms with E-state index in [1.54, 1.807) is 52.0 Å². The number of methoxy groups -OCH3 is 4. The van der Waals surface area contributed by atoms with E-state index < -0.39 is 0 Å². The number of hydrogen-bond acceptors (Lipinski definition) is 7. The normalized spacial score (nSPS) is 10.5. The molecule has 0 unspecified atom stereocenters. The maximum atomic E-state index is 5.59. The van der Waals surface area contributed by atoms with Crippen molar-refractivity contribution in [2.24, 2.45) is 0 Å². The van der Waals surface area contributed by atoms with Crippen LogP contribution in [0.2, 0.25) is 0 Å². The summed E-state index contributed by atoms with van der Waals surface area (Å²) in [6.45, 7) is 0. The van der Waals surface area contributed by atoms with Gasteiger partial charge in [0.1, 0.15) is 23.0 Å². The minimum absolute atomic E-state index is 0.756. The van der Waals surface area contributed by atoms with Crippen LogP contribution in [0.1, 0.15) is 0 Å². The van der Waals surface area contributed by atoms with Crippen molar-refractivity contribution in [1.82, 2.24) is 0 Å². The third kappa shape index (κ3) is 4.46. The van der Waals surface area contributed by atoms with E-state index in [2.05, 4.69) is 0 Å². The monoisotopic (exact) mass is 398 g/mol. The molecule has 0 fully saturated rings. The van der Waals surface area contributed by atoms with Crippen molar-refractivity contribution in [1.29, 1.82) is 0 Å². The summed E-state index contributed by atoms with van der Waals surface area (Å²) in [6, 6.07) is 8.02. The largest absolute Gasteiger partial charge is 0.495 e. The number of benzene rings is 2. The first-order valence-electron chi connectivity index (χ1n) is 7.39. The fraction of sp³-hybridized carbons (Fsp3) is 0.333. The quantitative estimate of drug-likeness (QED) is 0.557. The molecule has 0 aliphatic carbocycles. The van der Waals surface area contributed by atoms with Gasteiger partial charge in [-0.15, -0.1) is 23.5 Å². The molecular formula is C18H22O4S3. The van der Waals surface area contributed by atoms with Gasteiger partial charge in [0, 0.05) is 9.79 Å². The topological polar surface area (TPSA) is 36.9 Å². The van der Waals surface area contributed by atoms with E-state index >= 15 is 0 Å². The average Bonchev–Trinajstić information content (AvgIpc) is 2.67. The number of thioether (sulfide) groups is 2. The van der Waals surface area contributed by atoms with E-state index in [0.717, 1.165) is 42.6 Å². The molecule has 0 heterocycles. The van der Waals surface area contributed by atoms with E-state index in [1.807, 2.05) is 36.8 Å². The van der Waals surface area contributed by atoms with Crippen molar-refractivity contribution < 1.29 is 18.9 Å². The molecule has 0 bridgehead atoms. The first-order chi connectivity index (χ1) is 12.1. The SMILES string of the molecule is COc1cc(SC)cc(OC)c1Sc1c(OC)cc(SC)cc1OC. The van der Waals surface area contributed by atoms with E-state index in [9.17, 15) is 0 Å². The Morgan fingerprint density at radius 2 is 0.840 bits per heavy atom. The first-order valence-corrected chi connectivity index (χ1v) is 10.7. The molecule has 4 nitrogen and oxygen atoms in total. The van der Waals surface area contributed by atoms with Crippen LogP contribution in [0.4, 0.5) is 0 Å². The highest BCUT2D eigenvalue weighted by Gasteiger charge is 2.20. The van der Waals surface area contributed by atoms with Crippen molar-refractivity contribution in [3.05, 3.63) is 24.3 Å². The van der Waals surface area contributed by atoms with Crippen LogP contribution >= 0.6 is 35.3 Å². The second-order valence-electron chi connectivity index (χ2n) is 4.82. The van der Waals surface area contributed by atoms with Gasteiger partial charge in [-0.25, -0.2) is 0 Å². The van der Waals surface area contributed by atoms with Gasteiger partial charge in [0.2, 0.25) is 0 Å². The van der Waals surface area contributed by atoms with Crippen molar-refractivity contribution in [2.75, 3.05) is 41.0 Å². The Bertz CT molecular complexity index is 623. The zero-order valence-electron chi connectivity index (χ0n) is 15.2. The molecule has 136 valence electrons. The Morgan fingerprint density at radius 1 is 0.560 bits per heavy atom. The maximum Gasteiger partial charge on any atom is 0.137 e. The summed E-state index contributed by atoms with van der Waals surface area (Å²) in [4.78, 5) is 3.93. The van der Waals surface area contributed by atoms with E-state index in [0.29, 0.717) is 0 Å². The van der Waals surface area contributed by atoms with Crippen LogP contribution in [0.25, 0.3) is 0 Å². The van der Waals surface area contributed by atoms with Gasteiger partial charge >= 0.3 is 0 Å². The van der Waals surface area contributed by atoms with Gasteiger partial charge in [-0.3, -0.25) is 0 Å². The highest BCUT2D eigenvalue weighted by molar-refractivity contribution is 8.00. The third-order valence-electron chi connectivity index (χ3n) is 3.54. The number of hydrogen-bond donors (Lipinski definition) is 0. The van der Waals surface area contributed by atoms with Crippen LogP contribution in [0, 0.1) is 0 Å². The summed E-state index contributed by atoms with van der Waals surface area (Å²) >= 11 is 4.80. The van der Waals surface area contributed by atoms with Gasteiger partial charge in [-0.1, -0.05) is 11.8 Å². The van der Waals surface area contributed by atoms with Gasteiger partial charge in [-0.2, -0.15) is 0 Å². The Morgan fingerprint density at radius 3 is 1.04 bits per heavy atom. The van der Waals surface area contributed by atoms with E-state index in [4.69, 9.17) is 18.9 Å². The second kappa shape index (κ2) is 9.40. The van der Waals surface area contributed by atoms with E-state index in [1.165, 1.54) is 11.8 Å². The molecular weight excluding hydrogens is 376 g/mol. The summed E-state index contributed by atoms with van der Waals surface area (Å²) in [5.41, 5.74) is 0. The van der Waals surface area contributed by atoms with Crippen LogP contribution in [0.3, 0.4) is 0 Å². The van der Waals surface area contributed by atoms with Crippen molar-refractivity contribution in [3.8, 4) is 23.0 Å². The van der Waals surface area contributed by atoms with Crippen molar-refractivity contribution in [3.63, 3.8) is 0 Å². The summed E-state index contributed by atoms with van der Waals surface area (Å²) < 4.78 is 22.4. The molecule has 0 aliphatic rings. The molecule has 0 spiro atoms. The zero-order chi connectivity index (χ0) is 18.4. The lowest BCUT2D eigenvalue weighted by Gasteiger charge is -2.18. The third-order valence-corrected chi connectivity index (χ3v) is 6.17. The Kier molecular flexibility index (Phi) is 7.53. The van der Waals surface area contributed by atoms with Crippen LogP contribution in [0.5, 0.6) is 23.0 Å². The summed E-state index contributed by atoms with van der Waals surface area (Å²) in [5, 5.41) is 0. The molecule has 2 aromatic rings. The predicted molar refractivity (Wildman–Crippen MR) is 107 cm³/mol. The smallest absolute Gasteiger partial charge is 0.137 e. The van der Waals surface area contributed by atoms with Crippen LogP contribution in [-0.2, 0) is 0 Å². The van der Waals surface area contributed by atoms with Gasteiger partial charge in [-0.05, 0) is 36.8 Å². The van der Waals surface area contributed by atoms with Crippen LogP contribution in [0.15, 0.2) is 43.8 Å². The molecule has 2 rings (SSSR count). The van der Waals surface area contributed by atoms with Gasteiger partial charge in [0.15, 0.2) is 0 Å². The lowest BCUT2D eigenvalue weighted by Crippen LogP contribution is -1.96. The molecule has 0 saturated carbocycles. The Hall–Kier alpha value is -1.31. The summed E-state index contributed by atoms with van der Waals surface area (Å²) in [7, 11) is 6.64. The van der Waals surface area contributed by atoms with Crippen molar-refractivity contribution in [2.45, 2.75) is 19.6 Å². The molecule has 2 aromatic carbocycles. The number of ether oxygens (including phenoxy) is 4. The Labute approximate surface area is 162 Å². The van der Waals surface area contributed by atoms with Crippen molar-refractivity contribution >= 4 is 35.3 Å². The molecule has 0 saturated heterocycles. The highest BCUT2D eigenvalue weighted by Crippen LogP contribution is 2.50. The molecule has 25 heavy (non-hydrogen) atoms. The maximum absolute atomic E-state index is 5.59.